The first-order chi connectivity index (χ1) is 8.68. The number of hydrogen-bond donors (Lipinski definition) is 2. The van der Waals surface area contributed by atoms with Crippen molar-refractivity contribution in [3.05, 3.63) is 0 Å². The Morgan fingerprint density at radius 1 is 0.833 bits per heavy atom. The molecule has 106 valence electrons. The first-order valence-electron chi connectivity index (χ1n) is 6.87. The topological polar surface area (TPSA) is 68.2 Å². The standard InChI is InChI=1S/C9H16O4.C4H8O/c10-7-8(11)1-3-9(4-2-8)12-5-6-13-9;1-2-4-5-3-1/h10-11H,1-7H2;1-4H2. The van der Waals surface area contributed by atoms with Gasteiger partial charge in [-0.15, -0.1) is 0 Å². The lowest BCUT2D eigenvalue weighted by molar-refractivity contribution is -0.207. The Hall–Kier alpha value is -0.200. The molecule has 2 aliphatic heterocycles. The Balaban J connectivity index is 0.000000202. The zero-order valence-corrected chi connectivity index (χ0v) is 10.9. The van der Waals surface area contributed by atoms with Crippen LogP contribution in [0.25, 0.3) is 0 Å². The van der Waals surface area contributed by atoms with Crippen LogP contribution in [-0.4, -0.2) is 54.6 Å². The van der Waals surface area contributed by atoms with Gasteiger partial charge in [0.25, 0.3) is 0 Å². The Morgan fingerprint density at radius 2 is 1.39 bits per heavy atom. The van der Waals surface area contributed by atoms with Crippen LogP contribution in [0.5, 0.6) is 0 Å². The molecule has 0 amide bonds. The summed E-state index contributed by atoms with van der Waals surface area (Å²) in [5.41, 5.74) is -0.902. The highest BCUT2D eigenvalue weighted by atomic mass is 16.7. The monoisotopic (exact) mass is 260 g/mol. The maximum atomic E-state index is 9.76. The van der Waals surface area contributed by atoms with E-state index in [2.05, 4.69) is 0 Å². The van der Waals surface area contributed by atoms with Gasteiger partial charge in [0.05, 0.1) is 25.4 Å². The van der Waals surface area contributed by atoms with Crippen molar-refractivity contribution < 1.29 is 24.4 Å². The third-order valence-corrected chi connectivity index (χ3v) is 3.88. The lowest BCUT2D eigenvalue weighted by Crippen LogP contribution is -2.45. The number of aliphatic hydroxyl groups is 2. The van der Waals surface area contributed by atoms with E-state index in [1.165, 1.54) is 12.8 Å². The van der Waals surface area contributed by atoms with Crippen LogP contribution in [0.2, 0.25) is 0 Å². The summed E-state index contributed by atoms with van der Waals surface area (Å²) in [5.74, 6) is -0.443. The molecule has 0 unspecified atom stereocenters. The fourth-order valence-corrected chi connectivity index (χ4v) is 2.55. The van der Waals surface area contributed by atoms with Crippen molar-refractivity contribution in [1.82, 2.24) is 0 Å². The van der Waals surface area contributed by atoms with E-state index in [1.54, 1.807) is 0 Å². The molecule has 3 fully saturated rings. The zero-order valence-electron chi connectivity index (χ0n) is 10.9. The third kappa shape index (κ3) is 3.65. The van der Waals surface area contributed by atoms with Crippen molar-refractivity contribution in [2.24, 2.45) is 0 Å². The number of rotatable bonds is 1. The molecule has 18 heavy (non-hydrogen) atoms. The number of ether oxygens (including phenoxy) is 3. The highest BCUT2D eigenvalue weighted by Crippen LogP contribution is 2.39. The van der Waals surface area contributed by atoms with Gasteiger partial charge in [0.1, 0.15) is 0 Å². The summed E-state index contributed by atoms with van der Waals surface area (Å²) in [5, 5.41) is 18.7. The second-order valence-corrected chi connectivity index (χ2v) is 5.31. The zero-order chi connectivity index (χ0) is 12.9. The lowest BCUT2D eigenvalue weighted by Gasteiger charge is -2.39. The van der Waals surface area contributed by atoms with Gasteiger partial charge in [-0.3, -0.25) is 0 Å². The van der Waals surface area contributed by atoms with Crippen molar-refractivity contribution in [2.75, 3.05) is 33.0 Å². The Kier molecular flexibility index (Phi) is 4.98. The first-order valence-corrected chi connectivity index (χ1v) is 6.87. The summed E-state index contributed by atoms with van der Waals surface area (Å²) in [4.78, 5) is 0. The molecule has 1 aliphatic carbocycles. The molecule has 5 heteroatoms. The van der Waals surface area contributed by atoms with Gasteiger partial charge in [-0.1, -0.05) is 0 Å². The van der Waals surface area contributed by atoms with Crippen LogP contribution in [0, 0.1) is 0 Å². The molecule has 2 saturated heterocycles. The fraction of sp³-hybridized carbons (Fsp3) is 1.00. The molecule has 0 aromatic heterocycles. The second kappa shape index (κ2) is 6.30. The summed E-state index contributed by atoms with van der Waals surface area (Å²) < 4.78 is 16.0. The van der Waals surface area contributed by atoms with Crippen LogP contribution in [0.1, 0.15) is 38.5 Å². The van der Waals surface area contributed by atoms with Gasteiger partial charge < -0.3 is 24.4 Å². The highest BCUT2D eigenvalue weighted by Gasteiger charge is 2.45. The normalized spacial score (nSPS) is 29.0. The molecule has 2 heterocycles. The van der Waals surface area contributed by atoms with Crippen LogP contribution in [0.3, 0.4) is 0 Å². The van der Waals surface area contributed by atoms with Gasteiger partial charge >= 0.3 is 0 Å². The fourth-order valence-electron chi connectivity index (χ4n) is 2.55. The number of aliphatic hydroxyl groups excluding tert-OH is 1. The van der Waals surface area contributed by atoms with Crippen LogP contribution >= 0.6 is 0 Å². The molecular weight excluding hydrogens is 236 g/mol. The molecule has 1 spiro atoms. The summed E-state index contributed by atoms with van der Waals surface area (Å²) in [6, 6.07) is 0. The van der Waals surface area contributed by atoms with Crippen molar-refractivity contribution in [3.63, 3.8) is 0 Å². The van der Waals surface area contributed by atoms with Crippen molar-refractivity contribution >= 4 is 0 Å². The molecule has 0 bridgehead atoms. The predicted molar refractivity (Wildman–Crippen MR) is 65.2 cm³/mol. The third-order valence-electron chi connectivity index (χ3n) is 3.88. The Bertz CT molecular complexity index is 228. The summed E-state index contributed by atoms with van der Waals surface area (Å²) in [7, 11) is 0. The van der Waals surface area contributed by atoms with E-state index in [0.717, 1.165) is 13.2 Å². The van der Waals surface area contributed by atoms with Gasteiger partial charge in [-0.05, 0) is 25.7 Å². The summed E-state index contributed by atoms with van der Waals surface area (Å²) >= 11 is 0. The van der Waals surface area contributed by atoms with E-state index in [4.69, 9.17) is 19.3 Å². The van der Waals surface area contributed by atoms with E-state index in [9.17, 15) is 5.11 Å². The van der Waals surface area contributed by atoms with E-state index in [0.29, 0.717) is 38.9 Å². The van der Waals surface area contributed by atoms with Crippen molar-refractivity contribution in [2.45, 2.75) is 49.9 Å². The minimum absolute atomic E-state index is 0.164. The minimum atomic E-state index is -0.902. The molecule has 3 rings (SSSR count). The van der Waals surface area contributed by atoms with Crippen LogP contribution in [0.15, 0.2) is 0 Å². The molecule has 0 aromatic carbocycles. The SMILES string of the molecule is C1CCOC1.OCC1(O)CCC2(CC1)OCCO2. The molecular formula is C13H24O5. The van der Waals surface area contributed by atoms with Crippen molar-refractivity contribution in [1.29, 1.82) is 0 Å². The molecule has 0 radical (unpaired) electrons. The number of hydrogen-bond acceptors (Lipinski definition) is 5. The first kappa shape index (κ1) is 14.2. The minimum Gasteiger partial charge on any atom is -0.393 e. The molecule has 0 atom stereocenters. The van der Waals surface area contributed by atoms with Gasteiger partial charge in [0, 0.05) is 26.1 Å². The second-order valence-electron chi connectivity index (χ2n) is 5.31. The van der Waals surface area contributed by atoms with E-state index < -0.39 is 11.4 Å². The highest BCUT2D eigenvalue weighted by molar-refractivity contribution is 4.90. The van der Waals surface area contributed by atoms with Crippen LogP contribution in [-0.2, 0) is 14.2 Å². The average molecular weight is 260 g/mol. The smallest absolute Gasteiger partial charge is 0.168 e. The van der Waals surface area contributed by atoms with Gasteiger partial charge in [0.15, 0.2) is 5.79 Å². The largest absolute Gasteiger partial charge is 0.393 e. The molecule has 0 aromatic rings. The van der Waals surface area contributed by atoms with E-state index in [1.807, 2.05) is 0 Å². The average Bonchev–Trinajstić information content (AvgIpc) is 3.09. The summed E-state index contributed by atoms with van der Waals surface area (Å²) in [6.07, 6.45) is 5.04. The molecule has 5 nitrogen and oxygen atoms in total. The maximum Gasteiger partial charge on any atom is 0.168 e. The van der Waals surface area contributed by atoms with E-state index >= 15 is 0 Å². The molecule has 2 N–H and O–H groups in total. The van der Waals surface area contributed by atoms with Crippen LogP contribution < -0.4 is 0 Å². The van der Waals surface area contributed by atoms with Gasteiger partial charge in [-0.2, -0.15) is 0 Å². The van der Waals surface area contributed by atoms with E-state index in [-0.39, 0.29) is 6.61 Å². The predicted octanol–water partition coefficient (Wildman–Crippen LogP) is 0.824. The maximum absolute atomic E-state index is 9.76. The Morgan fingerprint density at radius 3 is 1.78 bits per heavy atom. The van der Waals surface area contributed by atoms with Gasteiger partial charge in [-0.25, -0.2) is 0 Å². The van der Waals surface area contributed by atoms with Crippen molar-refractivity contribution in [3.8, 4) is 0 Å². The lowest BCUT2D eigenvalue weighted by atomic mass is 9.82. The Labute approximate surface area is 108 Å². The van der Waals surface area contributed by atoms with Crippen LogP contribution in [0.4, 0.5) is 0 Å². The quantitative estimate of drug-likeness (QED) is 0.730. The molecule has 3 aliphatic rings. The summed E-state index contributed by atoms with van der Waals surface area (Å²) in [6.45, 7) is 3.14. The van der Waals surface area contributed by atoms with Gasteiger partial charge in [0.2, 0.25) is 0 Å². The molecule has 1 saturated carbocycles.